The van der Waals surface area contributed by atoms with E-state index in [1.54, 1.807) is 30.3 Å². The SMILES string of the molecule is CC(=O)c1ccc(Sc2ccc(Cl)cc2)c(N=[N+]=[N-])c1. The second-order valence-corrected chi connectivity index (χ2v) is 5.54. The van der Waals surface area contributed by atoms with Crippen molar-refractivity contribution in [2.45, 2.75) is 16.7 Å². The minimum Gasteiger partial charge on any atom is -0.295 e. The lowest BCUT2D eigenvalue weighted by atomic mass is 10.1. The van der Waals surface area contributed by atoms with E-state index in [4.69, 9.17) is 17.1 Å². The molecule has 4 nitrogen and oxygen atoms in total. The standard InChI is InChI=1S/C14H10ClN3OS/c1-9(19)10-2-7-14(13(8-10)17-18-16)20-12-5-3-11(15)4-6-12/h2-8H,1H3. The molecule has 0 unspecified atom stereocenters. The van der Waals surface area contributed by atoms with Gasteiger partial charge in [-0.05, 0) is 48.9 Å². The molecule has 0 amide bonds. The number of carbonyl (C=O) groups excluding carboxylic acids is 1. The third-order valence-electron chi connectivity index (χ3n) is 2.56. The zero-order valence-electron chi connectivity index (χ0n) is 10.6. The number of ketones is 1. The molecule has 0 fully saturated rings. The summed E-state index contributed by atoms with van der Waals surface area (Å²) in [6, 6.07) is 12.4. The Balaban J connectivity index is 2.37. The van der Waals surface area contributed by atoms with Crippen molar-refractivity contribution in [2.75, 3.05) is 0 Å². The van der Waals surface area contributed by atoms with Gasteiger partial charge in [-0.15, -0.1) is 0 Å². The minimum absolute atomic E-state index is 0.0672. The molecule has 0 spiro atoms. The lowest BCUT2D eigenvalue weighted by Gasteiger charge is -2.06. The Kier molecular flexibility index (Phi) is 4.69. The molecule has 0 aliphatic carbocycles. The van der Waals surface area contributed by atoms with Gasteiger partial charge in [-0.3, -0.25) is 4.79 Å². The Morgan fingerprint density at radius 1 is 1.25 bits per heavy atom. The van der Waals surface area contributed by atoms with Crippen molar-refractivity contribution in [1.82, 2.24) is 0 Å². The lowest BCUT2D eigenvalue weighted by Crippen LogP contribution is -1.91. The molecule has 0 bridgehead atoms. The average Bonchev–Trinajstić information content (AvgIpc) is 2.43. The molecular weight excluding hydrogens is 294 g/mol. The van der Waals surface area contributed by atoms with Crippen LogP contribution in [0.3, 0.4) is 0 Å². The third kappa shape index (κ3) is 3.54. The molecule has 0 saturated heterocycles. The molecule has 0 aliphatic heterocycles. The first-order valence-electron chi connectivity index (χ1n) is 5.73. The summed E-state index contributed by atoms with van der Waals surface area (Å²) >= 11 is 7.29. The first-order valence-corrected chi connectivity index (χ1v) is 6.93. The summed E-state index contributed by atoms with van der Waals surface area (Å²) in [6.45, 7) is 1.47. The van der Waals surface area contributed by atoms with Gasteiger partial charge in [-0.25, -0.2) is 0 Å². The quantitative estimate of drug-likeness (QED) is 0.317. The van der Waals surface area contributed by atoms with E-state index < -0.39 is 0 Å². The number of azide groups is 1. The summed E-state index contributed by atoms with van der Waals surface area (Å²) in [5.41, 5.74) is 9.59. The molecule has 0 N–H and O–H groups in total. The molecule has 0 saturated carbocycles. The van der Waals surface area contributed by atoms with Gasteiger partial charge in [0.1, 0.15) is 0 Å². The van der Waals surface area contributed by atoms with Crippen molar-refractivity contribution in [3.63, 3.8) is 0 Å². The first kappa shape index (κ1) is 14.5. The van der Waals surface area contributed by atoms with Gasteiger partial charge >= 0.3 is 0 Å². The maximum Gasteiger partial charge on any atom is 0.159 e. The van der Waals surface area contributed by atoms with Gasteiger partial charge in [-0.2, -0.15) is 0 Å². The average molecular weight is 304 g/mol. The highest BCUT2D eigenvalue weighted by molar-refractivity contribution is 7.99. The molecule has 100 valence electrons. The topological polar surface area (TPSA) is 65.8 Å². The molecule has 0 radical (unpaired) electrons. The smallest absolute Gasteiger partial charge is 0.159 e. The van der Waals surface area contributed by atoms with Gasteiger partial charge in [0.2, 0.25) is 0 Å². The maximum absolute atomic E-state index is 11.4. The second kappa shape index (κ2) is 6.48. The van der Waals surface area contributed by atoms with E-state index in [9.17, 15) is 4.79 Å². The Hall–Kier alpha value is -1.94. The number of nitrogens with zero attached hydrogens (tertiary/aromatic N) is 3. The van der Waals surface area contributed by atoms with Crippen molar-refractivity contribution in [1.29, 1.82) is 0 Å². The zero-order chi connectivity index (χ0) is 14.5. The minimum atomic E-state index is -0.0672. The Morgan fingerprint density at radius 3 is 2.55 bits per heavy atom. The number of carbonyl (C=O) groups is 1. The van der Waals surface area contributed by atoms with Crippen molar-refractivity contribution in [3.8, 4) is 0 Å². The normalized spacial score (nSPS) is 9.90. The van der Waals surface area contributed by atoms with Crippen LogP contribution in [0.25, 0.3) is 10.4 Å². The Morgan fingerprint density at radius 2 is 1.95 bits per heavy atom. The van der Waals surface area contributed by atoms with E-state index in [1.807, 2.05) is 12.1 Å². The molecule has 0 heterocycles. The lowest BCUT2D eigenvalue weighted by molar-refractivity contribution is 0.101. The van der Waals surface area contributed by atoms with E-state index in [0.717, 1.165) is 9.79 Å². The molecule has 2 rings (SSSR count). The molecule has 6 heteroatoms. The molecule has 0 atom stereocenters. The second-order valence-electron chi connectivity index (χ2n) is 3.98. The zero-order valence-corrected chi connectivity index (χ0v) is 12.1. The van der Waals surface area contributed by atoms with Crippen LogP contribution < -0.4 is 0 Å². The van der Waals surface area contributed by atoms with Crippen LogP contribution >= 0.6 is 23.4 Å². The predicted octanol–water partition coefficient (Wildman–Crippen LogP) is 5.64. The van der Waals surface area contributed by atoms with Crippen molar-refractivity contribution >= 4 is 34.8 Å². The summed E-state index contributed by atoms with van der Waals surface area (Å²) in [5, 5.41) is 4.31. The predicted molar refractivity (Wildman–Crippen MR) is 80.8 cm³/mol. The maximum atomic E-state index is 11.4. The van der Waals surface area contributed by atoms with E-state index in [-0.39, 0.29) is 5.78 Å². The fourth-order valence-electron chi connectivity index (χ4n) is 1.58. The van der Waals surface area contributed by atoms with Crippen LogP contribution in [0.5, 0.6) is 0 Å². The number of halogens is 1. The van der Waals surface area contributed by atoms with Crippen LogP contribution in [0.15, 0.2) is 57.4 Å². The fraction of sp³-hybridized carbons (Fsp3) is 0.0714. The van der Waals surface area contributed by atoms with E-state index in [0.29, 0.717) is 16.3 Å². The molecule has 2 aromatic rings. The van der Waals surface area contributed by atoms with Crippen LogP contribution in [0.4, 0.5) is 5.69 Å². The van der Waals surface area contributed by atoms with Crippen molar-refractivity contribution < 1.29 is 4.79 Å². The fourth-order valence-corrected chi connectivity index (χ4v) is 2.57. The summed E-state index contributed by atoms with van der Waals surface area (Å²) in [5.74, 6) is -0.0672. The molecule has 0 aromatic heterocycles. The number of benzene rings is 2. The molecule has 2 aromatic carbocycles. The van der Waals surface area contributed by atoms with Gasteiger partial charge in [0.15, 0.2) is 5.78 Å². The largest absolute Gasteiger partial charge is 0.295 e. The van der Waals surface area contributed by atoms with E-state index >= 15 is 0 Å². The monoisotopic (exact) mass is 303 g/mol. The Bertz CT molecular complexity index is 694. The number of hydrogen-bond donors (Lipinski definition) is 0. The highest BCUT2D eigenvalue weighted by Crippen LogP contribution is 2.36. The van der Waals surface area contributed by atoms with Crippen LogP contribution in [0.2, 0.25) is 5.02 Å². The highest BCUT2D eigenvalue weighted by Gasteiger charge is 2.07. The number of rotatable bonds is 4. The van der Waals surface area contributed by atoms with Gasteiger partial charge in [0, 0.05) is 25.3 Å². The number of Topliss-reactive ketones (excluding diaryl/α,β-unsaturated/α-hetero) is 1. The summed E-state index contributed by atoms with van der Waals surface area (Å²) in [4.78, 5) is 15.9. The summed E-state index contributed by atoms with van der Waals surface area (Å²) < 4.78 is 0. The van der Waals surface area contributed by atoms with Crippen molar-refractivity contribution in [2.24, 2.45) is 5.11 Å². The Labute approximate surface area is 125 Å². The summed E-state index contributed by atoms with van der Waals surface area (Å²) in [7, 11) is 0. The van der Waals surface area contributed by atoms with Gasteiger partial charge < -0.3 is 0 Å². The van der Waals surface area contributed by atoms with Gasteiger partial charge in [-0.1, -0.05) is 34.5 Å². The molecular formula is C14H10ClN3OS. The van der Waals surface area contributed by atoms with Crippen LogP contribution in [-0.4, -0.2) is 5.78 Å². The van der Waals surface area contributed by atoms with Gasteiger partial charge in [0.25, 0.3) is 0 Å². The molecule has 20 heavy (non-hydrogen) atoms. The van der Waals surface area contributed by atoms with Crippen LogP contribution in [0.1, 0.15) is 17.3 Å². The van der Waals surface area contributed by atoms with Gasteiger partial charge in [0.05, 0.1) is 5.69 Å². The van der Waals surface area contributed by atoms with Crippen molar-refractivity contribution in [3.05, 3.63) is 63.5 Å². The summed E-state index contributed by atoms with van der Waals surface area (Å²) in [6.07, 6.45) is 0. The van der Waals surface area contributed by atoms with E-state index in [2.05, 4.69) is 10.0 Å². The highest BCUT2D eigenvalue weighted by atomic mass is 35.5. The first-order chi connectivity index (χ1) is 9.60. The van der Waals surface area contributed by atoms with E-state index in [1.165, 1.54) is 18.7 Å². The number of hydrogen-bond acceptors (Lipinski definition) is 3. The third-order valence-corrected chi connectivity index (χ3v) is 3.88. The van der Waals surface area contributed by atoms with Crippen LogP contribution in [-0.2, 0) is 0 Å². The van der Waals surface area contributed by atoms with Crippen LogP contribution in [0, 0.1) is 0 Å². The molecule has 0 aliphatic rings.